The summed E-state index contributed by atoms with van der Waals surface area (Å²) in [6.07, 6.45) is 0.858. The minimum absolute atomic E-state index is 0.116. The van der Waals surface area contributed by atoms with Crippen LogP contribution in [0.4, 0.5) is 0 Å². The van der Waals surface area contributed by atoms with Crippen LogP contribution in [0.3, 0.4) is 0 Å². The van der Waals surface area contributed by atoms with Gasteiger partial charge in [-0.3, -0.25) is 0 Å². The number of hydrogen-bond donors (Lipinski definition) is 2. The van der Waals surface area contributed by atoms with Gasteiger partial charge in [-0.25, -0.2) is 0 Å². The van der Waals surface area contributed by atoms with Crippen molar-refractivity contribution in [2.75, 3.05) is 13.2 Å². The van der Waals surface area contributed by atoms with E-state index in [1.165, 1.54) is 0 Å². The molecule has 0 radical (unpaired) electrons. The van der Waals surface area contributed by atoms with E-state index in [1.54, 1.807) is 0 Å². The van der Waals surface area contributed by atoms with Crippen LogP contribution in [0.1, 0.15) is 110 Å². The second kappa shape index (κ2) is 15.1. The summed E-state index contributed by atoms with van der Waals surface area (Å²) in [7, 11) is -6.60. The maximum absolute atomic E-state index is 13.5. The van der Waals surface area contributed by atoms with Crippen molar-refractivity contribution in [2.45, 2.75) is 198 Å². The van der Waals surface area contributed by atoms with E-state index in [-0.39, 0.29) is 12.5 Å². The fraction of sp³-hybridized carbons (Fsp3) is 0.944. The van der Waals surface area contributed by atoms with Crippen molar-refractivity contribution in [3.63, 3.8) is 0 Å². The molecule has 0 aliphatic carbocycles. The molecule has 3 heterocycles. The first kappa shape index (κ1) is 40.4. The zero-order valence-corrected chi connectivity index (χ0v) is 35.1. The van der Waals surface area contributed by atoms with Crippen molar-refractivity contribution < 1.29 is 33.0 Å². The largest absolute Gasteiger partial charge is 0.486 e. The molecule has 0 spiro atoms. The highest BCUT2D eigenvalue weighted by atomic mass is 28.4. The molecule has 2 saturated heterocycles. The predicted octanol–water partition coefficient (Wildman–Crippen LogP) is 8.92. The van der Waals surface area contributed by atoms with Gasteiger partial charge < -0.3 is 33.0 Å². The summed E-state index contributed by atoms with van der Waals surface area (Å²) in [6.45, 7) is 32.1. The highest BCUT2D eigenvalue weighted by molar-refractivity contribution is 6.77. The van der Waals surface area contributed by atoms with Crippen LogP contribution < -0.4 is 0 Å². The molecule has 2 bridgehead atoms. The Kier molecular flexibility index (Phi) is 13.2. The molecule has 46 heavy (non-hydrogen) atoms. The molecule has 0 saturated carbocycles. The van der Waals surface area contributed by atoms with Gasteiger partial charge in [0, 0.05) is 25.4 Å². The predicted molar refractivity (Wildman–Crippen MR) is 197 cm³/mol. The maximum Gasteiger partial charge on any atom is 0.200 e. The molecule has 7 atom stereocenters. The minimum atomic E-state index is -2.24. The lowest BCUT2D eigenvalue weighted by atomic mass is 9.70. The first-order chi connectivity index (χ1) is 21.4. The van der Waals surface area contributed by atoms with Crippen molar-refractivity contribution in [3.05, 3.63) is 11.8 Å². The van der Waals surface area contributed by atoms with E-state index in [1.807, 2.05) is 6.08 Å². The van der Waals surface area contributed by atoms with E-state index in [4.69, 9.17) is 22.8 Å². The fourth-order valence-corrected chi connectivity index (χ4v) is 21.0. The van der Waals surface area contributed by atoms with Gasteiger partial charge in [0.15, 0.2) is 31.1 Å². The molecule has 2 N–H and O–H groups in total. The van der Waals surface area contributed by atoms with Gasteiger partial charge in [-0.05, 0) is 65.9 Å². The third kappa shape index (κ3) is 6.96. The molecule has 0 aromatic heterocycles. The molecule has 0 aromatic carbocycles. The molecule has 0 unspecified atom stereocenters. The highest BCUT2D eigenvalue weighted by Gasteiger charge is 2.67. The standard InChI is InChI=1S/C36H72O7Si3/c1-15-44(16-2,17-3)42-31-23-34(14,43-45(18-4,19-5)20-6)30-21-22-35(37)25-39-33(32(35)41-30)36(31,38)29(13)24-40-46(26(7)8,27(9)10)28(11)12/h21,26-29,31-33,37-38H,15-20,22-25H2,1-14H3/t29-,31+,32-,33-,34-,35-,36-/m1/s1. The van der Waals surface area contributed by atoms with Gasteiger partial charge in [0.1, 0.15) is 28.7 Å². The second-order valence-corrected chi connectivity index (χ2v) is 31.1. The summed E-state index contributed by atoms with van der Waals surface area (Å²) in [5, 5.41) is 25.5. The highest BCUT2D eigenvalue weighted by Crippen LogP contribution is 2.53. The molecular weight excluding hydrogens is 629 g/mol. The van der Waals surface area contributed by atoms with Gasteiger partial charge in [-0.2, -0.15) is 0 Å². The summed E-state index contributed by atoms with van der Waals surface area (Å²) < 4.78 is 35.4. The molecule has 10 heteroatoms. The molecule has 3 aliphatic rings. The quantitative estimate of drug-likeness (QED) is 0.147. The van der Waals surface area contributed by atoms with Crippen molar-refractivity contribution in [2.24, 2.45) is 5.92 Å². The lowest BCUT2D eigenvalue weighted by Gasteiger charge is -2.55. The molecule has 3 rings (SSSR count). The third-order valence-corrected chi connectivity index (χ3v) is 28.5. The van der Waals surface area contributed by atoms with Crippen molar-refractivity contribution in [1.82, 2.24) is 0 Å². The molecule has 270 valence electrons. The van der Waals surface area contributed by atoms with Gasteiger partial charge in [-0.1, -0.05) is 90.0 Å². The van der Waals surface area contributed by atoms with Gasteiger partial charge in [0.25, 0.3) is 0 Å². The van der Waals surface area contributed by atoms with Crippen LogP contribution in [0, 0.1) is 5.92 Å². The number of rotatable bonds is 17. The van der Waals surface area contributed by atoms with Gasteiger partial charge in [0.2, 0.25) is 0 Å². The van der Waals surface area contributed by atoms with Crippen LogP contribution in [0.2, 0.25) is 52.9 Å². The average Bonchev–Trinajstić information content (AvgIpc) is 3.37. The summed E-state index contributed by atoms with van der Waals surface area (Å²) in [5.41, 5.74) is -2.22. The molecule has 0 aromatic rings. The first-order valence-corrected chi connectivity index (χ1v) is 26.0. The second-order valence-electron chi connectivity index (χ2n) is 16.2. The Bertz CT molecular complexity index is 991. The minimum Gasteiger partial charge on any atom is -0.486 e. The van der Waals surface area contributed by atoms with Crippen LogP contribution in [0.5, 0.6) is 0 Å². The van der Waals surface area contributed by atoms with Crippen LogP contribution in [0.25, 0.3) is 0 Å². The molecule has 3 aliphatic heterocycles. The third-order valence-electron chi connectivity index (χ3n) is 13.1. The average molecular weight is 701 g/mol. The van der Waals surface area contributed by atoms with E-state index >= 15 is 0 Å². The van der Waals surface area contributed by atoms with E-state index in [0.29, 0.717) is 36.1 Å². The van der Waals surface area contributed by atoms with Gasteiger partial charge >= 0.3 is 0 Å². The lowest BCUT2D eigenvalue weighted by molar-refractivity contribution is -0.228. The van der Waals surface area contributed by atoms with E-state index in [2.05, 4.69) is 96.9 Å². The molecule has 0 amide bonds. The monoisotopic (exact) mass is 700 g/mol. The Morgan fingerprint density at radius 2 is 1.30 bits per heavy atom. The van der Waals surface area contributed by atoms with E-state index in [9.17, 15) is 10.2 Å². The van der Waals surface area contributed by atoms with E-state index < -0.39 is 60.1 Å². The Hall–Kier alpha value is -0.0494. The summed E-state index contributed by atoms with van der Waals surface area (Å²) in [5.74, 6) is 0.433. The summed E-state index contributed by atoms with van der Waals surface area (Å²) >= 11 is 0. The normalized spacial score (nSPS) is 32.8. The first-order valence-electron chi connectivity index (χ1n) is 18.8. The number of ether oxygens (including phenoxy) is 2. The smallest absolute Gasteiger partial charge is 0.200 e. The Morgan fingerprint density at radius 3 is 1.76 bits per heavy atom. The van der Waals surface area contributed by atoms with Crippen molar-refractivity contribution >= 4 is 25.0 Å². The van der Waals surface area contributed by atoms with Crippen LogP contribution in [-0.2, 0) is 22.8 Å². The van der Waals surface area contributed by atoms with Gasteiger partial charge in [0.05, 0.1) is 12.7 Å². The fourth-order valence-electron chi connectivity index (χ4n) is 9.48. The van der Waals surface area contributed by atoms with Crippen LogP contribution >= 0.6 is 0 Å². The zero-order valence-electron chi connectivity index (χ0n) is 32.1. The Morgan fingerprint density at radius 1 is 0.804 bits per heavy atom. The zero-order chi connectivity index (χ0) is 34.9. The molecular formula is C36H72O7Si3. The number of hydrogen-bond acceptors (Lipinski definition) is 7. The summed E-state index contributed by atoms with van der Waals surface area (Å²) in [4.78, 5) is 0. The molecule has 7 nitrogen and oxygen atoms in total. The van der Waals surface area contributed by atoms with Gasteiger partial charge in [-0.15, -0.1) is 0 Å². The number of fused-ring (bicyclic) bond motifs is 1. The Balaban J connectivity index is 2.25. The Labute approximate surface area is 285 Å². The van der Waals surface area contributed by atoms with Crippen molar-refractivity contribution in [1.29, 1.82) is 0 Å². The molecule has 2 fully saturated rings. The lowest BCUT2D eigenvalue weighted by Crippen LogP contribution is -2.69. The SMILES string of the molecule is CC[Si](CC)(CC)O[C@H]1C[C@@](C)(O[Si](CC)(CC)CC)C2=CC[C@@]3(O)CO[C@H]([C@H]3O2)[C@@]1(O)[C@H](C)CO[Si](C(C)C)(C(C)C)C(C)C. The number of aliphatic hydroxyl groups is 2. The van der Waals surface area contributed by atoms with Crippen LogP contribution in [-0.4, -0.2) is 83.5 Å². The topological polar surface area (TPSA) is 86.6 Å². The maximum atomic E-state index is 13.5. The van der Waals surface area contributed by atoms with E-state index in [0.717, 1.165) is 42.0 Å². The van der Waals surface area contributed by atoms with Crippen molar-refractivity contribution in [3.8, 4) is 0 Å². The summed E-state index contributed by atoms with van der Waals surface area (Å²) in [6, 6.07) is 5.92. The van der Waals surface area contributed by atoms with Crippen LogP contribution in [0.15, 0.2) is 11.8 Å².